The van der Waals surface area contributed by atoms with Crippen molar-refractivity contribution in [2.45, 2.75) is 43.4 Å². The van der Waals surface area contributed by atoms with Gasteiger partial charge in [0.25, 0.3) is 0 Å². The molecule has 3 heteroatoms. The molecule has 0 atom stereocenters. The van der Waals surface area contributed by atoms with Crippen LogP contribution in [0.3, 0.4) is 0 Å². The molecule has 1 rings (SSSR count). The molecule has 0 heterocycles. The number of rotatable bonds is 5. The summed E-state index contributed by atoms with van der Waals surface area (Å²) in [6.07, 6.45) is 0. The smallest absolute Gasteiger partial charge is 0.182 e. The standard InChI is InChI=1S/C14H21NOS/c1-10(2)17-12-8-6-11(7-9-12)13(16)14(3,4)15-5/h6-10,15H,1-5H3. The van der Waals surface area contributed by atoms with Gasteiger partial charge in [0.1, 0.15) is 0 Å². The zero-order valence-corrected chi connectivity index (χ0v) is 12.0. The normalized spacial score (nSPS) is 11.9. The molecule has 0 saturated heterocycles. The summed E-state index contributed by atoms with van der Waals surface area (Å²) >= 11 is 1.81. The third kappa shape index (κ3) is 3.86. The topological polar surface area (TPSA) is 29.1 Å². The molecule has 0 radical (unpaired) electrons. The van der Waals surface area contributed by atoms with Crippen molar-refractivity contribution in [1.29, 1.82) is 0 Å². The SMILES string of the molecule is CNC(C)(C)C(=O)c1ccc(SC(C)C)cc1. The fraction of sp³-hybridized carbons (Fsp3) is 0.500. The van der Waals surface area contributed by atoms with Crippen LogP contribution in [0.1, 0.15) is 38.1 Å². The molecule has 0 spiro atoms. The van der Waals surface area contributed by atoms with Gasteiger partial charge in [0.2, 0.25) is 0 Å². The number of thioether (sulfide) groups is 1. The van der Waals surface area contributed by atoms with E-state index in [1.807, 2.05) is 38.1 Å². The molecule has 0 unspecified atom stereocenters. The van der Waals surface area contributed by atoms with Crippen molar-refractivity contribution in [3.05, 3.63) is 29.8 Å². The molecule has 0 fully saturated rings. The van der Waals surface area contributed by atoms with Crippen molar-refractivity contribution in [1.82, 2.24) is 5.32 Å². The first-order chi connectivity index (χ1) is 7.86. The third-order valence-electron chi connectivity index (χ3n) is 2.68. The molecule has 1 aromatic rings. The Kier molecular flexibility index (Phi) is 4.78. The van der Waals surface area contributed by atoms with Crippen LogP contribution in [-0.4, -0.2) is 23.6 Å². The monoisotopic (exact) mass is 251 g/mol. The molecule has 0 aliphatic rings. The highest BCUT2D eigenvalue weighted by molar-refractivity contribution is 7.99. The fourth-order valence-corrected chi connectivity index (χ4v) is 2.27. The van der Waals surface area contributed by atoms with Crippen molar-refractivity contribution in [3.8, 4) is 0 Å². The van der Waals surface area contributed by atoms with E-state index in [2.05, 4.69) is 19.2 Å². The van der Waals surface area contributed by atoms with Gasteiger partial charge in [-0.15, -0.1) is 11.8 Å². The minimum Gasteiger partial charge on any atom is -0.308 e. The van der Waals surface area contributed by atoms with Crippen molar-refractivity contribution >= 4 is 17.5 Å². The summed E-state index contributed by atoms with van der Waals surface area (Å²) in [6.45, 7) is 8.11. The molecule has 1 aromatic carbocycles. The highest BCUT2D eigenvalue weighted by Crippen LogP contribution is 2.23. The predicted molar refractivity (Wildman–Crippen MR) is 74.9 cm³/mol. The van der Waals surface area contributed by atoms with Gasteiger partial charge >= 0.3 is 0 Å². The number of nitrogens with one attached hydrogen (secondary N) is 1. The van der Waals surface area contributed by atoms with E-state index in [-0.39, 0.29) is 5.78 Å². The number of hydrogen-bond donors (Lipinski definition) is 1. The first-order valence-corrected chi connectivity index (χ1v) is 6.75. The van der Waals surface area contributed by atoms with Crippen LogP contribution in [0.5, 0.6) is 0 Å². The Morgan fingerprint density at radius 2 is 1.76 bits per heavy atom. The van der Waals surface area contributed by atoms with Gasteiger partial charge in [0.15, 0.2) is 5.78 Å². The van der Waals surface area contributed by atoms with E-state index < -0.39 is 5.54 Å². The Morgan fingerprint density at radius 3 is 2.18 bits per heavy atom. The zero-order valence-electron chi connectivity index (χ0n) is 11.2. The molecule has 1 N–H and O–H groups in total. The Labute approximate surface area is 108 Å². The molecule has 17 heavy (non-hydrogen) atoms. The van der Waals surface area contributed by atoms with E-state index in [1.54, 1.807) is 18.8 Å². The summed E-state index contributed by atoms with van der Waals surface area (Å²) in [5.74, 6) is 0.126. The summed E-state index contributed by atoms with van der Waals surface area (Å²) in [5.41, 5.74) is 0.254. The van der Waals surface area contributed by atoms with Gasteiger partial charge in [-0.05, 0) is 33.0 Å². The lowest BCUT2D eigenvalue weighted by molar-refractivity contribution is 0.0889. The summed E-state index contributed by atoms with van der Waals surface area (Å²) in [4.78, 5) is 13.4. The van der Waals surface area contributed by atoms with E-state index >= 15 is 0 Å². The lowest BCUT2D eigenvalue weighted by atomic mass is 9.93. The van der Waals surface area contributed by atoms with Gasteiger partial charge in [-0.25, -0.2) is 0 Å². The van der Waals surface area contributed by atoms with Gasteiger partial charge in [-0.1, -0.05) is 26.0 Å². The van der Waals surface area contributed by atoms with Crippen molar-refractivity contribution in [3.63, 3.8) is 0 Å². The van der Waals surface area contributed by atoms with Crippen LogP contribution in [0.2, 0.25) is 0 Å². The predicted octanol–water partition coefficient (Wildman–Crippen LogP) is 3.37. The van der Waals surface area contributed by atoms with Crippen LogP contribution in [0.25, 0.3) is 0 Å². The fourth-order valence-electron chi connectivity index (χ4n) is 1.43. The second-order valence-corrected chi connectivity index (χ2v) is 6.55. The van der Waals surface area contributed by atoms with E-state index in [0.717, 1.165) is 5.56 Å². The average molecular weight is 251 g/mol. The highest BCUT2D eigenvalue weighted by Gasteiger charge is 2.26. The van der Waals surface area contributed by atoms with E-state index in [4.69, 9.17) is 0 Å². The van der Waals surface area contributed by atoms with Gasteiger partial charge in [-0.3, -0.25) is 4.79 Å². The first kappa shape index (κ1) is 14.3. The number of Topliss-reactive ketones (excluding diaryl/α,β-unsaturated/α-hetero) is 1. The van der Waals surface area contributed by atoms with E-state index in [1.165, 1.54) is 4.90 Å². The second-order valence-electron chi connectivity index (χ2n) is 4.90. The highest BCUT2D eigenvalue weighted by atomic mass is 32.2. The number of ketones is 1. The van der Waals surface area contributed by atoms with Gasteiger partial charge in [-0.2, -0.15) is 0 Å². The maximum atomic E-state index is 12.2. The average Bonchev–Trinajstić information content (AvgIpc) is 2.28. The molecule has 0 aliphatic carbocycles. The van der Waals surface area contributed by atoms with Crippen LogP contribution in [0.4, 0.5) is 0 Å². The Bertz CT molecular complexity index is 382. The lowest BCUT2D eigenvalue weighted by Gasteiger charge is -2.22. The maximum absolute atomic E-state index is 12.2. The molecule has 0 aromatic heterocycles. The Hall–Kier alpha value is -0.800. The molecule has 94 valence electrons. The van der Waals surface area contributed by atoms with E-state index in [0.29, 0.717) is 5.25 Å². The van der Waals surface area contributed by atoms with Crippen LogP contribution in [0, 0.1) is 0 Å². The number of carbonyl (C=O) groups excluding carboxylic acids is 1. The largest absolute Gasteiger partial charge is 0.308 e. The van der Waals surface area contributed by atoms with Crippen LogP contribution >= 0.6 is 11.8 Å². The molecule has 0 saturated carbocycles. The molecular formula is C14H21NOS. The summed E-state index contributed by atoms with van der Waals surface area (Å²) in [7, 11) is 1.81. The molecule has 0 amide bonds. The maximum Gasteiger partial charge on any atom is 0.182 e. The number of carbonyl (C=O) groups is 1. The van der Waals surface area contributed by atoms with E-state index in [9.17, 15) is 4.79 Å². The zero-order chi connectivity index (χ0) is 13.1. The molecular weight excluding hydrogens is 230 g/mol. The molecule has 2 nitrogen and oxygen atoms in total. The van der Waals surface area contributed by atoms with Crippen molar-refractivity contribution < 1.29 is 4.79 Å². The number of hydrogen-bond acceptors (Lipinski definition) is 3. The minimum atomic E-state index is -0.507. The summed E-state index contributed by atoms with van der Waals surface area (Å²) in [6, 6.07) is 7.85. The third-order valence-corrected chi connectivity index (χ3v) is 3.70. The summed E-state index contributed by atoms with van der Waals surface area (Å²) < 4.78 is 0. The second kappa shape index (κ2) is 5.69. The van der Waals surface area contributed by atoms with Crippen LogP contribution in [-0.2, 0) is 0 Å². The van der Waals surface area contributed by atoms with Gasteiger partial charge in [0.05, 0.1) is 5.54 Å². The van der Waals surface area contributed by atoms with Crippen molar-refractivity contribution in [2.24, 2.45) is 0 Å². The quantitative estimate of drug-likeness (QED) is 0.642. The van der Waals surface area contributed by atoms with Crippen molar-refractivity contribution in [2.75, 3.05) is 7.05 Å². The van der Waals surface area contributed by atoms with Crippen LogP contribution in [0.15, 0.2) is 29.2 Å². The Morgan fingerprint density at radius 1 is 1.24 bits per heavy atom. The van der Waals surface area contributed by atoms with Gasteiger partial charge in [0, 0.05) is 15.7 Å². The Balaban J connectivity index is 2.84. The van der Waals surface area contributed by atoms with Crippen LogP contribution < -0.4 is 5.32 Å². The number of likely N-dealkylation sites (N-methyl/N-ethyl adjacent to an activating group) is 1. The lowest BCUT2D eigenvalue weighted by Crippen LogP contribution is -2.44. The molecule has 0 bridgehead atoms. The van der Waals surface area contributed by atoms with Gasteiger partial charge < -0.3 is 5.32 Å². The minimum absolute atomic E-state index is 0.126. The summed E-state index contributed by atoms with van der Waals surface area (Å²) in [5, 5.41) is 3.59. The number of benzene rings is 1. The first-order valence-electron chi connectivity index (χ1n) is 5.87. The molecule has 0 aliphatic heterocycles.